The zero-order valence-electron chi connectivity index (χ0n) is 8.19. The van der Waals surface area contributed by atoms with Crippen molar-refractivity contribution < 1.29 is 9.47 Å². The lowest BCUT2D eigenvalue weighted by Gasteiger charge is -2.08. The number of nitrogens with zero attached hydrogens (tertiary/aromatic N) is 2. The van der Waals surface area contributed by atoms with Crippen LogP contribution in [0.25, 0.3) is 0 Å². The molecule has 1 aliphatic carbocycles. The Morgan fingerprint density at radius 3 is 2.64 bits per heavy atom. The molecule has 14 heavy (non-hydrogen) atoms. The molecular weight excluding hydrogens is 184 g/mol. The van der Waals surface area contributed by atoms with E-state index in [-0.39, 0.29) is 11.6 Å². The second kappa shape index (κ2) is 3.32. The van der Waals surface area contributed by atoms with Gasteiger partial charge in [0, 0.05) is 0 Å². The van der Waals surface area contributed by atoms with Gasteiger partial charge in [0.25, 0.3) is 11.4 Å². The lowest BCUT2D eigenvalue weighted by atomic mass is 10.5. The van der Waals surface area contributed by atoms with Gasteiger partial charge in [-0.3, -0.25) is 4.79 Å². The van der Waals surface area contributed by atoms with Gasteiger partial charge in [0.15, 0.2) is 5.75 Å². The fourth-order valence-electron chi connectivity index (χ4n) is 1.30. The summed E-state index contributed by atoms with van der Waals surface area (Å²) < 4.78 is 11.4. The number of ether oxygens (including phenoxy) is 2. The molecule has 1 aromatic rings. The molecule has 76 valence electrons. The second-order valence-corrected chi connectivity index (χ2v) is 3.24. The summed E-state index contributed by atoms with van der Waals surface area (Å²) in [5.74, 6) is 0.744. The highest BCUT2D eigenvalue weighted by Gasteiger charge is 2.27. The molecule has 1 aliphatic rings. The largest absolute Gasteiger partial charge is 0.491 e. The molecule has 0 amide bonds. The average molecular weight is 196 g/mol. The lowest BCUT2D eigenvalue weighted by Crippen LogP contribution is -2.21. The van der Waals surface area contributed by atoms with Crippen LogP contribution in [0, 0.1) is 0 Å². The molecule has 0 N–H and O–H groups in total. The molecular formula is C9H12N2O3. The molecule has 0 radical (unpaired) electrons. The van der Waals surface area contributed by atoms with Crippen molar-refractivity contribution in [2.75, 3.05) is 14.2 Å². The Balaban J connectivity index is 2.48. The molecule has 1 aromatic heterocycles. The number of hydrogen-bond donors (Lipinski definition) is 0. The van der Waals surface area contributed by atoms with Crippen molar-refractivity contribution in [3.63, 3.8) is 0 Å². The van der Waals surface area contributed by atoms with E-state index in [1.165, 1.54) is 25.0 Å². The second-order valence-electron chi connectivity index (χ2n) is 3.24. The summed E-state index contributed by atoms with van der Waals surface area (Å²) in [6.07, 6.45) is 2.03. The van der Waals surface area contributed by atoms with Gasteiger partial charge in [-0.1, -0.05) is 0 Å². The highest BCUT2D eigenvalue weighted by molar-refractivity contribution is 5.30. The Bertz CT molecular complexity index is 396. The topological polar surface area (TPSA) is 53.4 Å². The molecule has 1 fully saturated rings. The summed E-state index contributed by atoms with van der Waals surface area (Å²) in [5, 5.41) is 4.08. The third-order valence-corrected chi connectivity index (χ3v) is 2.20. The molecule has 1 saturated carbocycles. The smallest absolute Gasteiger partial charge is 0.274 e. The van der Waals surface area contributed by atoms with Crippen LogP contribution >= 0.6 is 0 Å². The highest BCUT2D eigenvalue weighted by atomic mass is 16.5. The molecule has 0 unspecified atom stereocenters. The SMILES string of the molecule is COc1cc(=O)n(C2CC2)nc1OC. The van der Waals surface area contributed by atoms with Gasteiger partial charge < -0.3 is 9.47 Å². The van der Waals surface area contributed by atoms with Crippen molar-refractivity contribution in [1.82, 2.24) is 9.78 Å². The van der Waals surface area contributed by atoms with Crippen LogP contribution in [0.1, 0.15) is 18.9 Å². The number of methoxy groups -OCH3 is 2. The van der Waals surface area contributed by atoms with Gasteiger partial charge in [0.2, 0.25) is 0 Å². The quantitative estimate of drug-likeness (QED) is 0.710. The van der Waals surface area contributed by atoms with Gasteiger partial charge in [-0.15, -0.1) is 5.10 Å². The third kappa shape index (κ3) is 1.45. The van der Waals surface area contributed by atoms with Crippen LogP contribution in [-0.2, 0) is 0 Å². The van der Waals surface area contributed by atoms with Crippen LogP contribution in [0.5, 0.6) is 11.6 Å². The minimum Gasteiger partial charge on any atom is -0.491 e. The van der Waals surface area contributed by atoms with Crippen molar-refractivity contribution >= 4 is 0 Å². The molecule has 5 heteroatoms. The fraction of sp³-hybridized carbons (Fsp3) is 0.556. The predicted octanol–water partition coefficient (Wildman–Crippen LogP) is 0.595. The van der Waals surface area contributed by atoms with Crippen LogP contribution in [-0.4, -0.2) is 24.0 Å². The van der Waals surface area contributed by atoms with E-state index < -0.39 is 0 Å². The summed E-state index contributed by atoms with van der Waals surface area (Å²) in [4.78, 5) is 11.5. The molecule has 0 spiro atoms. The number of hydrogen-bond acceptors (Lipinski definition) is 4. The zero-order valence-corrected chi connectivity index (χ0v) is 8.19. The minimum absolute atomic E-state index is 0.134. The first-order valence-corrected chi connectivity index (χ1v) is 4.48. The van der Waals surface area contributed by atoms with Crippen molar-refractivity contribution in [2.45, 2.75) is 18.9 Å². The van der Waals surface area contributed by atoms with E-state index in [0.29, 0.717) is 11.6 Å². The van der Waals surface area contributed by atoms with E-state index in [2.05, 4.69) is 5.10 Å². The Morgan fingerprint density at radius 1 is 1.43 bits per heavy atom. The van der Waals surface area contributed by atoms with Gasteiger partial charge in [0.1, 0.15) is 0 Å². The maximum absolute atomic E-state index is 11.5. The van der Waals surface area contributed by atoms with E-state index >= 15 is 0 Å². The van der Waals surface area contributed by atoms with Crippen LogP contribution < -0.4 is 15.0 Å². The van der Waals surface area contributed by atoms with Crippen LogP contribution in [0.3, 0.4) is 0 Å². The van der Waals surface area contributed by atoms with Crippen molar-refractivity contribution in [3.05, 3.63) is 16.4 Å². The van der Waals surface area contributed by atoms with E-state index in [4.69, 9.17) is 9.47 Å². The Kier molecular flexibility index (Phi) is 2.15. The van der Waals surface area contributed by atoms with E-state index in [1.54, 1.807) is 0 Å². The average Bonchev–Trinajstić information content (AvgIpc) is 3.01. The van der Waals surface area contributed by atoms with Crippen LogP contribution in [0.2, 0.25) is 0 Å². The monoisotopic (exact) mass is 196 g/mol. The summed E-state index contributed by atoms with van der Waals surface area (Å²) in [7, 11) is 2.99. The zero-order chi connectivity index (χ0) is 10.1. The molecule has 2 rings (SSSR count). The summed E-state index contributed by atoms with van der Waals surface area (Å²) in [5.41, 5.74) is -0.134. The number of rotatable bonds is 3. The van der Waals surface area contributed by atoms with Gasteiger partial charge >= 0.3 is 0 Å². The molecule has 0 aliphatic heterocycles. The van der Waals surface area contributed by atoms with E-state index in [1.807, 2.05) is 0 Å². The van der Waals surface area contributed by atoms with Gasteiger partial charge in [-0.05, 0) is 12.8 Å². The first-order chi connectivity index (χ1) is 6.76. The summed E-state index contributed by atoms with van der Waals surface area (Å²) in [6, 6.07) is 1.66. The molecule has 5 nitrogen and oxygen atoms in total. The van der Waals surface area contributed by atoms with Gasteiger partial charge in [0.05, 0.1) is 26.3 Å². The molecule has 0 atom stereocenters. The Hall–Kier alpha value is -1.52. The maximum Gasteiger partial charge on any atom is 0.274 e. The molecule has 1 heterocycles. The van der Waals surface area contributed by atoms with Crippen LogP contribution in [0.15, 0.2) is 10.9 Å². The van der Waals surface area contributed by atoms with Crippen molar-refractivity contribution in [3.8, 4) is 11.6 Å². The minimum atomic E-state index is -0.134. The van der Waals surface area contributed by atoms with Crippen molar-refractivity contribution in [2.24, 2.45) is 0 Å². The Morgan fingerprint density at radius 2 is 2.14 bits per heavy atom. The highest BCUT2D eigenvalue weighted by Crippen LogP contribution is 2.34. The summed E-state index contributed by atoms with van der Waals surface area (Å²) in [6.45, 7) is 0. The normalized spacial score (nSPS) is 15.3. The summed E-state index contributed by atoms with van der Waals surface area (Å²) >= 11 is 0. The Labute approximate surface area is 81.3 Å². The van der Waals surface area contributed by atoms with Gasteiger partial charge in [-0.25, -0.2) is 4.68 Å². The van der Waals surface area contributed by atoms with Gasteiger partial charge in [-0.2, -0.15) is 0 Å². The van der Waals surface area contributed by atoms with E-state index in [9.17, 15) is 4.79 Å². The first-order valence-electron chi connectivity index (χ1n) is 4.48. The van der Waals surface area contributed by atoms with Crippen LogP contribution in [0.4, 0.5) is 0 Å². The van der Waals surface area contributed by atoms with Crippen molar-refractivity contribution in [1.29, 1.82) is 0 Å². The first kappa shape index (κ1) is 9.05. The molecule has 0 aromatic carbocycles. The predicted molar refractivity (Wildman–Crippen MR) is 49.9 cm³/mol. The molecule has 0 bridgehead atoms. The lowest BCUT2D eigenvalue weighted by molar-refractivity contribution is 0.327. The molecule has 0 saturated heterocycles. The maximum atomic E-state index is 11.5. The third-order valence-electron chi connectivity index (χ3n) is 2.20. The van der Waals surface area contributed by atoms with E-state index in [0.717, 1.165) is 12.8 Å². The standard InChI is InChI=1S/C9H12N2O3/c1-13-7-5-8(12)11(6-3-4-6)10-9(7)14-2/h5-6H,3-4H2,1-2H3. The fourth-order valence-corrected chi connectivity index (χ4v) is 1.30. The number of aromatic nitrogens is 2.